The van der Waals surface area contributed by atoms with Crippen molar-refractivity contribution < 1.29 is 24.2 Å². The first-order chi connectivity index (χ1) is 11.0. The molecule has 0 heterocycles. The fourth-order valence-corrected chi connectivity index (χ4v) is 2.42. The molecular weight excluding hydrogens is 366 g/mol. The van der Waals surface area contributed by atoms with Gasteiger partial charge in [-0.15, -0.1) is 0 Å². The largest absolute Gasteiger partial charge is 0.496 e. The maximum absolute atomic E-state index is 12.6. The molecule has 2 aromatic carbocycles. The summed E-state index contributed by atoms with van der Waals surface area (Å²) in [6.07, 6.45) is 0. The lowest BCUT2D eigenvalue weighted by Gasteiger charge is -2.14. The lowest BCUT2D eigenvalue weighted by molar-refractivity contribution is 0.0698. The van der Waals surface area contributed by atoms with E-state index in [2.05, 4.69) is 21.2 Å². The minimum Gasteiger partial charge on any atom is -0.496 e. The van der Waals surface area contributed by atoms with Crippen LogP contribution in [0.3, 0.4) is 0 Å². The minimum atomic E-state index is -1.14. The molecule has 0 aliphatic rings. The third kappa shape index (κ3) is 3.62. The van der Waals surface area contributed by atoms with E-state index in [1.807, 2.05) is 0 Å². The molecule has 0 aliphatic heterocycles. The highest BCUT2D eigenvalue weighted by molar-refractivity contribution is 9.10. The second kappa shape index (κ2) is 7.15. The van der Waals surface area contributed by atoms with Crippen molar-refractivity contribution in [2.45, 2.75) is 0 Å². The van der Waals surface area contributed by atoms with E-state index >= 15 is 0 Å². The third-order valence-electron chi connectivity index (χ3n) is 3.12. The summed E-state index contributed by atoms with van der Waals surface area (Å²) >= 11 is 3.21. The molecular formula is C16H14BrNO5. The lowest BCUT2D eigenvalue weighted by atomic mass is 10.1. The topological polar surface area (TPSA) is 84.9 Å². The number of carboxylic acid groups (broad SMARTS) is 1. The third-order valence-corrected chi connectivity index (χ3v) is 3.61. The predicted octanol–water partition coefficient (Wildman–Crippen LogP) is 3.42. The molecule has 0 saturated carbocycles. The van der Waals surface area contributed by atoms with Gasteiger partial charge in [0.25, 0.3) is 5.91 Å². The molecule has 7 heteroatoms. The summed E-state index contributed by atoms with van der Waals surface area (Å²) in [5.41, 5.74) is 0.344. The number of amides is 1. The average Bonchev–Trinajstić information content (AvgIpc) is 2.55. The number of hydrogen-bond donors (Lipinski definition) is 2. The van der Waals surface area contributed by atoms with Crippen LogP contribution in [0.25, 0.3) is 0 Å². The van der Waals surface area contributed by atoms with Gasteiger partial charge in [-0.05, 0) is 30.3 Å². The van der Waals surface area contributed by atoms with Crippen LogP contribution in [0.4, 0.5) is 5.69 Å². The van der Waals surface area contributed by atoms with E-state index < -0.39 is 11.9 Å². The first kappa shape index (κ1) is 16.8. The maximum atomic E-state index is 12.6. The van der Waals surface area contributed by atoms with Crippen LogP contribution in [0.15, 0.2) is 40.9 Å². The number of carbonyl (C=O) groups is 2. The minimum absolute atomic E-state index is 0.0263. The predicted molar refractivity (Wildman–Crippen MR) is 88.6 cm³/mol. The van der Waals surface area contributed by atoms with Crippen molar-refractivity contribution in [3.63, 3.8) is 0 Å². The number of anilines is 1. The summed E-state index contributed by atoms with van der Waals surface area (Å²) in [5.74, 6) is -1.01. The summed E-state index contributed by atoms with van der Waals surface area (Å²) < 4.78 is 11.0. The van der Waals surface area contributed by atoms with Gasteiger partial charge in [0.05, 0.1) is 25.5 Å². The van der Waals surface area contributed by atoms with Crippen LogP contribution in [0.1, 0.15) is 20.7 Å². The van der Waals surface area contributed by atoms with Crippen LogP contribution in [0, 0.1) is 0 Å². The van der Waals surface area contributed by atoms with Gasteiger partial charge in [0.1, 0.15) is 17.1 Å². The van der Waals surface area contributed by atoms with Gasteiger partial charge in [-0.1, -0.05) is 22.0 Å². The first-order valence-corrected chi connectivity index (χ1v) is 7.32. The van der Waals surface area contributed by atoms with E-state index in [4.69, 9.17) is 9.47 Å². The molecule has 23 heavy (non-hydrogen) atoms. The highest BCUT2D eigenvalue weighted by Crippen LogP contribution is 2.30. The maximum Gasteiger partial charge on any atom is 0.337 e. The molecule has 1 amide bonds. The van der Waals surface area contributed by atoms with Crippen molar-refractivity contribution in [2.24, 2.45) is 0 Å². The molecule has 0 fully saturated rings. The average molecular weight is 380 g/mol. The van der Waals surface area contributed by atoms with Crippen LogP contribution in [-0.2, 0) is 0 Å². The number of hydrogen-bond acceptors (Lipinski definition) is 4. The molecule has 0 spiro atoms. The van der Waals surface area contributed by atoms with Crippen molar-refractivity contribution in [1.29, 1.82) is 0 Å². The van der Waals surface area contributed by atoms with Crippen molar-refractivity contribution >= 4 is 33.5 Å². The summed E-state index contributed by atoms with van der Waals surface area (Å²) in [6, 6.07) is 9.50. The Morgan fingerprint density at radius 3 is 2.22 bits per heavy atom. The zero-order valence-electron chi connectivity index (χ0n) is 12.4. The number of ether oxygens (including phenoxy) is 2. The number of halogens is 1. The Bertz CT molecular complexity index is 738. The standard InChI is InChI=1S/C16H14BrNO5/c1-22-12-4-3-5-13(23-2)14(12)15(19)18-11-7-6-9(17)8-10(11)16(20)21/h3-8H,1-2H3,(H,18,19)(H,20,21). The van der Waals surface area contributed by atoms with E-state index in [-0.39, 0.29) is 16.8 Å². The highest BCUT2D eigenvalue weighted by atomic mass is 79.9. The van der Waals surface area contributed by atoms with Gasteiger partial charge in [0.2, 0.25) is 0 Å². The molecule has 0 atom stereocenters. The van der Waals surface area contributed by atoms with E-state index in [0.717, 1.165) is 0 Å². The summed E-state index contributed by atoms with van der Waals surface area (Å²) in [6.45, 7) is 0. The molecule has 0 bridgehead atoms. The van der Waals surface area contributed by atoms with Gasteiger partial charge in [-0.3, -0.25) is 4.79 Å². The van der Waals surface area contributed by atoms with Gasteiger partial charge < -0.3 is 19.9 Å². The van der Waals surface area contributed by atoms with Crippen LogP contribution in [-0.4, -0.2) is 31.2 Å². The van der Waals surface area contributed by atoms with Crippen LogP contribution >= 0.6 is 15.9 Å². The second-order valence-electron chi connectivity index (χ2n) is 4.49. The number of carbonyl (C=O) groups excluding carboxylic acids is 1. The molecule has 2 rings (SSSR count). The molecule has 2 aromatic rings. The number of rotatable bonds is 5. The Labute approximate surface area is 141 Å². The van der Waals surface area contributed by atoms with E-state index in [1.165, 1.54) is 26.4 Å². The number of aromatic carboxylic acids is 1. The van der Waals surface area contributed by atoms with Gasteiger partial charge in [-0.25, -0.2) is 4.79 Å². The summed E-state index contributed by atoms with van der Waals surface area (Å²) in [7, 11) is 2.88. The lowest BCUT2D eigenvalue weighted by Crippen LogP contribution is -2.16. The van der Waals surface area contributed by atoms with Crippen molar-refractivity contribution in [2.75, 3.05) is 19.5 Å². The molecule has 0 radical (unpaired) electrons. The molecule has 0 aromatic heterocycles. The number of nitrogens with one attached hydrogen (secondary N) is 1. The monoisotopic (exact) mass is 379 g/mol. The fraction of sp³-hybridized carbons (Fsp3) is 0.125. The van der Waals surface area contributed by atoms with Crippen LogP contribution in [0.5, 0.6) is 11.5 Å². The number of benzene rings is 2. The van der Waals surface area contributed by atoms with Crippen molar-refractivity contribution in [3.05, 3.63) is 52.0 Å². The van der Waals surface area contributed by atoms with Gasteiger partial charge >= 0.3 is 5.97 Å². The Kier molecular flexibility index (Phi) is 5.23. The van der Waals surface area contributed by atoms with Gasteiger partial charge in [-0.2, -0.15) is 0 Å². The van der Waals surface area contributed by atoms with Crippen LogP contribution < -0.4 is 14.8 Å². The Hall–Kier alpha value is -2.54. The summed E-state index contributed by atoms with van der Waals surface area (Å²) in [4.78, 5) is 23.9. The Balaban J connectivity index is 2.43. The van der Waals surface area contributed by atoms with E-state index in [1.54, 1.807) is 24.3 Å². The van der Waals surface area contributed by atoms with Crippen LogP contribution in [0.2, 0.25) is 0 Å². The van der Waals surface area contributed by atoms with E-state index in [9.17, 15) is 14.7 Å². The first-order valence-electron chi connectivity index (χ1n) is 6.53. The molecule has 0 aliphatic carbocycles. The molecule has 2 N–H and O–H groups in total. The molecule has 6 nitrogen and oxygen atoms in total. The Morgan fingerprint density at radius 2 is 1.70 bits per heavy atom. The van der Waals surface area contributed by atoms with Gasteiger partial charge in [0.15, 0.2) is 0 Å². The summed E-state index contributed by atoms with van der Waals surface area (Å²) in [5, 5.41) is 11.8. The molecule has 120 valence electrons. The highest BCUT2D eigenvalue weighted by Gasteiger charge is 2.20. The quantitative estimate of drug-likeness (QED) is 0.831. The SMILES string of the molecule is COc1cccc(OC)c1C(=O)Nc1ccc(Br)cc1C(=O)O. The van der Waals surface area contributed by atoms with Crippen molar-refractivity contribution in [1.82, 2.24) is 0 Å². The smallest absolute Gasteiger partial charge is 0.337 e. The van der Waals surface area contributed by atoms with E-state index in [0.29, 0.717) is 16.0 Å². The number of carboxylic acids is 1. The van der Waals surface area contributed by atoms with Crippen molar-refractivity contribution in [3.8, 4) is 11.5 Å². The zero-order chi connectivity index (χ0) is 17.0. The zero-order valence-corrected chi connectivity index (χ0v) is 14.0. The normalized spacial score (nSPS) is 10.0. The molecule has 0 saturated heterocycles. The fourth-order valence-electron chi connectivity index (χ4n) is 2.06. The Morgan fingerprint density at radius 1 is 1.09 bits per heavy atom. The molecule has 0 unspecified atom stereocenters. The number of methoxy groups -OCH3 is 2. The second-order valence-corrected chi connectivity index (χ2v) is 5.40. The van der Waals surface area contributed by atoms with Gasteiger partial charge in [0, 0.05) is 4.47 Å².